The van der Waals surface area contributed by atoms with Gasteiger partial charge in [0.25, 0.3) is 0 Å². The number of rotatable bonds is 2. The summed E-state index contributed by atoms with van der Waals surface area (Å²) in [7, 11) is 0. The van der Waals surface area contributed by atoms with Gasteiger partial charge in [-0.2, -0.15) is 0 Å². The van der Waals surface area contributed by atoms with E-state index in [1.54, 1.807) is 0 Å². The zero-order valence-electron chi connectivity index (χ0n) is 11.2. The van der Waals surface area contributed by atoms with E-state index in [2.05, 4.69) is 12.1 Å². The molecule has 1 N–H and O–H groups in total. The highest BCUT2D eigenvalue weighted by atomic mass is 16.5. The Morgan fingerprint density at radius 1 is 1.21 bits per heavy atom. The summed E-state index contributed by atoms with van der Waals surface area (Å²) in [5.41, 5.74) is 4.11. The molecule has 1 aliphatic heterocycles. The number of aryl methyl sites for hydroxylation is 1. The van der Waals surface area contributed by atoms with Crippen LogP contribution >= 0.6 is 0 Å². The summed E-state index contributed by atoms with van der Waals surface area (Å²) in [5.74, 6) is -0.753. The fourth-order valence-electron chi connectivity index (χ4n) is 3.50. The van der Waals surface area contributed by atoms with Gasteiger partial charge in [-0.05, 0) is 54.2 Å². The van der Waals surface area contributed by atoms with E-state index < -0.39 is 5.97 Å². The molecule has 0 atom stereocenters. The molecule has 0 unspecified atom stereocenters. The van der Waals surface area contributed by atoms with E-state index in [9.17, 15) is 4.79 Å². The van der Waals surface area contributed by atoms with Crippen LogP contribution in [0.5, 0.6) is 0 Å². The molecule has 0 radical (unpaired) electrons. The lowest BCUT2D eigenvalue weighted by Gasteiger charge is -2.41. The van der Waals surface area contributed by atoms with Crippen LogP contribution in [0.2, 0.25) is 0 Å². The first-order chi connectivity index (χ1) is 9.17. The third-order valence-electron chi connectivity index (χ3n) is 4.67. The van der Waals surface area contributed by atoms with Crippen molar-refractivity contribution in [3.63, 3.8) is 0 Å². The quantitative estimate of drug-likeness (QED) is 0.889. The molecule has 1 saturated heterocycles. The molecular formula is C16H20O3. The third kappa shape index (κ3) is 2.66. The summed E-state index contributed by atoms with van der Waals surface area (Å²) >= 11 is 0. The second kappa shape index (κ2) is 4.97. The monoisotopic (exact) mass is 260 g/mol. The van der Waals surface area contributed by atoms with Crippen LogP contribution in [-0.2, 0) is 28.8 Å². The first kappa shape index (κ1) is 12.7. The van der Waals surface area contributed by atoms with Crippen molar-refractivity contribution in [1.82, 2.24) is 0 Å². The largest absolute Gasteiger partial charge is 0.481 e. The van der Waals surface area contributed by atoms with Crippen molar-refractivity contribution in [2.75, 3.05) is 13.2 Å². The average Bonchev–Trinajstić information content (AvgIpc) is 2.38. The maximum atomic E-state index is 10.8. The topological polar surface area (TPSA) is 46.5 Å². The van der Waals surface area contributed by atoms with Crippen LogP contribution in [0.3, 0.4) is 0 Å². The summed E-state index contributed by atoms with van der Waals surface area (Å²) in [5, 5.41) is 8.90. The molecule has 0 amide bonds. The number of fused-ring (bicyclic) bond motifs is 1. The number of carboxylic acids is 1. The zero-order chi connectivity index (χ0) is 13.3. The molecule has 1 aliphatic carbocycles. The van der Waals surface area contributed by atoms with Crippen molar-refractivity contribution in [2.45, 2.75) is 38.5 Å². The van der Waals surface area contributed by atoms with Crippen molar-refractivity contribution in [3.05, 3.63) is 34.9 Å². The highest BCUT2D eigenvalue weighted by molar-refractivity contribution is 5.70. The lowest BCUT2D eigenvalue weighted by molar-refractivity contribution is -0.136. The molecule has 3 rings (SSSR count). The highest BCUT2D eigenvalue weighted by Gasteiger charge is 2.35. The summed E-state index contributed by atoms with van der Waals surface area (Å²) < 4.78 is 5.48. The molecule has 0 aromatic heterocycles. The Morgan fingerprint density at radius 2 is 2.00 bits per heavy atom. The molecule has 0 bridgehead atoms. The molecule has 2 aliphatic rings. The van der Waals surface area contributed by atoms with Gasteiger partial charge >= 0.3 is 5.97 Å². The van der Waals surface area contributed by atoms with Crippen LogP contribution in [0.4, 0.5) is 0 Å². The fraction of sp³-hybridized carbons (Fsp3) is 0.562. The molecule has 1 heterocycles. The van der Waals surface area contributed by atoms with E-state index in [4.69, 9.17) is 9.84 Å². The van der Waals surface area contributed by atoms with E-state index in [0.717, 1.165) is 44.5 Å². The summed E-state index contributed by atoms with van der Waals surface area (Å²) in [6, 6.07) is 6.20. The SMILES string of the molecule is O=C(O)Cc1ccc2c(c1)CC1(CCOCC1)CC2. The molecule has 1 spiro atoms. The van der Waals surface area contributed by atoms with Gasteiger partial charge < -0.3 is 9.84 Å². The molecule has 3 heteroatoms. The van der Waals surface area contributed by atoms with Crippen molar-refractivity contribution in [1.29, 1.82) is 0 Å². The van der Waals surface area contributed by atoms with E-state index in [0.29, 0.717) is 5.41 Å². The van der Waals surface area contributed by atoms with Gasteiger partial charge in [-0.25, -0.2) is 0 Å². The van der Waals surface area contributed by atoms with E-state index in [-0.39, 0.29) is 6.42 Å². The van der Waals surface area contributed by atoms with Crippen LogP contribution in [0.25, 0.3) is 0 Å². The van der Waals surface area contributed by atoms with E-state index in [1.165, 1.54) is 17.5 Å². The normalized spacial score (nSPS) is 21.1. The lowest BCUT2D eigenvalue weighted by Crippen LogP contribution is -2.35. The van der Waals surface area contributed by atoms with Gasteiger partial charge in [0, 0.05) is 13.2 Å². The van der Waals surface area contributed by atoms with Gasteiger partial charge in [-0.15, -0.1) is 0 Å². The summed E-state index contributed by atoms with van der Waals surface area (Å²) in [4.78, 5) is 10.8. The molecule has 1 aromatic rings. The van der Waals surface area contributed by atoms with Crippen LogP contribution in [0.15, 0.2) is 18.2 Å². The smallest absolute Gasteiger partial charge is 0.307 e. The van der Waals surface area contributed by atoms with Crippen LogP contribution < -0.4 is 0 Å². The Labute approximate surface area is 113 Å². The fourth-order valence-corrected chi connectivity index (χ4v) is 3.50. The number of hydrogen-bond acceptors (Lipinski definition) is 2. The number of carboxylic acid groups (broad SMARTS) is 1. The summed E-state index contributed by atoms with van der Waals surface area (Å²) in [6.07, 6.45) is 5.90. The van der Waals surface area contributed by atoms with Crippen LogP contribution in [0.1, 0.15) is 36.0 Å². The van der Waals surface area contributed by atoms with Crippen molar-refractivity contribution in [3.8, 4) is 0 Å². The molecular weight excluding hydrogens is 240 g/mol. The Hall–Kier alpha value is -1.35. The number of carbonyl (C=O) groups is 1. The van der Waals surface area contributed by atoms with Gasteiger partial charge in [-0.1, -0.05) is 18.2 Å². The Kier molecular flexibility index (Phi) is 3.31. The minimum Gasteiger partial charge on any atom is -0.481 e. The number of hydrogen-bond donors (Lipinski definition) is 1. The van der Waals surface area contributed by atoms with Gasteiger partial charge in [0.05, 0.1) is 6.42 Å². The van der Waals surface area contributed by atoms with Crippen LogP contribution in [0, 0.1) is 5.41 Å². The molecule has 0 saturated carbocycles. The Morgan fingerprint density at radius 3 is 2.74 bits per heavy atom. The molecule has 1 fully saturated rings. The predicted molar refractivity (Wildman–Crippen MR) is 72.3 cm³/mol. The Balaban J connectivity index is 1.83. The summed E-state index contributed by atoms with van der Waals surface area (Å²) in [6.45, 7) is 1.76. The van der Waals surface area contributed by atoms with E-state index in [1.807, 2.05) is 6.07 Å². The van der Waals surface area contributed by atoms with Gasteiger partial charge in [0.1, 0.15) is 0 Å². The maximum Gasteiger partial charge on any atom is 0.307 e. The number of aliphatic carboxylic acids is 1. The Bertz CT molecular complexity index is 487. The van der Waals surface area contributed by atoms with Gasteiger partial charge in [-0.3, -0.25) is 4.79 Å². The second-order valence-electron chi connectivity index (χ2n) is 5.96. The lowest BCUT2D eigenvalue weighted by atomic mass is 9.67. The minimum absolute atomic E-state index is 0.128. The molecule has 3 nitrogen and oxygen atoms in total. The second-order valence-corrected chi connectivity index (χ2v) is 5.96. The van der Waals surface area contributed by atoms with Crippen LogP contribution in [-0.4, -0.2) is 24.3 Å². The zero-order valence-corrected chi connectivity index (χ0v) is 11.2. The molecule has 1 aromatic carbocycles. The van der Waals surface area contributed by atoms with Crippen molar-refractivity contribution >= 4 is 5.97 Å². The van der Waals surface area contributed by atoms with Gasteiger partial charge in [0.15, 0.2) is 0 Å². The first-order valence-corrected chi connectivity index (χ1v) is 7.07. The predicted octanol–water partition coefficient (Wildman–Crippen LogP) is 2.60. The van der Waals surface area contributed by atoms with Gasteiger partial charge in [0.2, 0.25) is 0 Å². The minimum atomic E-state index is -0.753. The standard InChI is InChI=1S/C16H20O3/c17-15(18)10-12-1-2-13-3-4-16(11-14(13)9-12)5-7-19-8-6-16/h1-2,9H,3-8,10-11H2,(H,17,18). The van der Waals surface area contributed by atoms with Crippen molar-refractivity contribution in [2.24, 2.45) is 5.41 Å². The number of ether oxygens (including phenoxy) is 1. The third-order valence-corrected chi connectivity index (χ3v) is 4.67. The van der Waals surface area contributed by atoms with E-state index >= 15 is 0 Å². The maximum absolute atomic E-state index is 10.8. The first-order valence-electron chi connectivity index (χ1n) is 7.07. The molecule has 102 valence electrons. The number of benzene rings is 1. The van der Waals surface area contributed by atoms with Crippen molar-refractivity contribution < 1.29 is 14.6 Å². The average molecular weight is 260 g/mol. The highest BCUT2D eigenvalue weighted by Crippen LogP contribution is 2.43. The molecule has 19 heavy (non-hydrogen) atoms.